The minimum absolute atomic E-state index is 0.572. The topological polar surface area (TPSA) is 48.5 Å². The second-order valence-corrected chi connectivity index (χ2v) is 16.7. The average molecular weight is 796 g/mol. The molecule has 0 saturated carbocycles. The molecule has 0 unspecified atom stereocenters. The first-order chi connectivity index (χ1) is 30.2. The predicted molar refractivity (Wildman–Crippen MR) is 255 cm³/mol. The Labute approximate surface area is 354 Å². The molecule has 0 aliphatic carbocycles. The highest BCUT2D eigenvalue weighted by atomic mass is 32.1. The van der Waals surface area contributed by atoms with E-state index in [0.29, 0.717) is 17.6 Å². The van der Waals surface area contributed by atoms with E-state index in [-0.39, 0.29) is 0 Å². The number of hydrogen-bond donors (Lipinski definition) is 0. The smallest absolute Gasteiger partial charge is 0.238 e. The lowest BCUT2D eigenvalue weighted by molar-refractivity contribution is 0.953. The summed E-state index contributed by atoms with van der Waals surface area (Å²) < 4.78 is 7.16. The lowest BCUT2D eigenvalue weighted by Gasteiger charge is -2.14. The van der Waals surface area contributed by atoms with Gasteiger partial charge in [-0.1, -0.05) is 158 Å². The third-order valence-corrected chi connectivity index (χ3v) is 13.3. The first-order valence-corrected chi connectivity index (χ1v) is 21.3. The van der Waals surface area contributed by atoms with Crippen LogP contribution in [0.1, 0.15) is 0 Å². The summed E-state index contributed by atoms with van der Waals surface area (Å²) in [4.78, 5) is 15.9. The molecule has 0 bridgehead atoms. The zero-order valence-electron chi connectivity index (χ0n) is 32.7. The molecule has 13 aromatic rings. The highest BCUT2D eigenvalue weighted by Gasteiger charge is 2.24. The normalized spacial score (nSPS) is 11.9. The highest BCUT2D eigenvalue weighted by Crippen LogP contribution is 2.42. The van der Waals surface area contributed by atoms with E-state index in [4.69, 9.17) is 15.0 Å². The molecule has 0 amide bonds. The second-order valence-electron chi connectivity index (χ2n) is 15.6. The third-order valence-electron chi connectivity index (χ3n) is 12.2. The van der Waals surface area contributed by atoms with Crippen molar-refractivity contribution >= 4 is 85.9 Å². The highest BCUT2D eigenvalue weighted by molar-refractivity contribution is 7.25. The van der Waals surface area contributed by atoms with Gasteiger partial charge in [0, 0.05) is 58.5 Å². The number of benzene rings is 9. The average Bonchev–Trinajstić information content (AvgIpc) is 3.99. The molecule has 4 heterocycles. The van der Waals surface area contributed by atoms with E-state index in [9.17, 15) is 0 Å². The monoisotopic (exact) mass is 795 g/mol. The van der Waals surface area contributed by atoms with Crippen LogP contribution in [0.5, 0.6) is 0 Å². The van der Waals surface area contributed by atoms with E-state index in [1.807, 2.05) is 18.2 Å². The van der Waals surface area contributed by atoms with Gasteiger partial charge in [-0.15, -0.1) is 11.3 Å². The van der Waals surface area contributed by atoms with Crippen molar-refractivity contribution in [3.63, 3.8) is 0 Å². The molecule has 0 atom stereocenters. The summed E-state index contributed by atoms with van der Waals surface area (Å²) in [7, 11) is 0. The van der Waals surface area contributed by atoms with E-state index in [0.717, 1.165) is 49.7 Å². The van der Waals surface area contributed by atoms with Crippen molar-refractivity contribution in [1.82, 2.24) is 24.1 Å². The number of hydrogen-bond acceptors (Lipinski definition) is 4. The Bertz CT molecular complexity index is 3880. The van der Waals surface area contributed by atoms with Crippen molar-refractivity contribution in [2.24, 2.45) is 0 Å². The Balaban J connectivity index is 1.08. The number of nitrogens with zero attached hydrogens (tertiary/aromatic N) is 5. The first-order valence-electron chi connectivity index (χ1n) is 20.5. The number of aromatic nitrogens is 5. The SMILES string of the molecule is c1ccc(-c2nc(-c3ccc4c(c3)sc3ccccc34)nc(-n3c4ccccc4c4ccc5c6ccccc6n(-c6ccc(-c7ccc8ccccc8c7)cc6)c5c43)n2)cc1. The summed E-state index contributed by atoms with van der Waals surface area (Å²) >= 11 is 1.80. The van der Waals surface area contributed by atoms with Gasteiger partial charge in [-0.3, -0.25) is 4.57 Å². The molecular weight excluding hydrogens is 763 g/mol. The molecule has 0 aliphatic rings. The van der Waals surface area contributed by atoms with Crippen LogP contribution in [0.4, 0.5) is 0 Å². The standard InChI is InChI=1S/C55H33N5S/c1-2-13-36(14-3-1)53-56-54(39-26-29-44-43-18-8-11-21-49(43)61-50(44)33-39)58-55(57-53)60-48-20-10-7-17-42(48)46-31-30-45-41-16-6-9-19-47(41)59(51(45)52(46)60)40-27-24-35(25-28-40)38-23-22-34-12-4-5-15-37(34)32-38/h1-33H. The largest absolute Gasteiger partial charge is 0.307 e. The molecule has 5 nitrogen and oxygen atoms in total. The van der Waals surface area contributed by atoms with Gasteiger partial charge in [0.25, 0.3) is 0 Å². The summed E-state index contributed by atoms with van der Waals surface area (Å²) in [5.74, 6) is 1.83. The third kappa shape index (κ3) is 5.29. The van der Waals surface area contributed by atoms with Crippen molar-refractivity contribution in [2.75, 3.05) is 0 Å². The van der Waals surface area contributed by atoms with Crippen LogP contribution in [0, 0.1) is 0 Å². The van der Waals surface area contributed by atoms with Crippen molar-refractivity contribution in [1.29, 1.82) is 0 Å². The Hall–Kier alpha value is -7.93. The fourth-order valence-corrected chi connectivity index (χ4v) is 10.5. The maximum absolute atomic E-state index is 5.40. The van der Waals surface area contributed by atoms with E-state index in [1.54, 1.807) is 11.3 Å². The summed E-state index contributed by atoms with van der Waals surface area (Å²) in [5.41, 5.74) is 9.65. The fourth-order valence-electron chi connectivity index (χ4n) is 9.32. The van der Waals surface area contributed by atoms with Crippen LogP contribution in [0.2, 0.25) is 0 Å². The zero-order valence-corrected chi connectivity index (χ0v) is 33.5. The van der Waals surface area contributed by atoms with Gasteiger partial charge in [0.05, 0.1) is 22.1 Å². The van der Waals surface area contributed by atoms with Gasteiger partial charge in [-0.2, -0.15) is 9.97 Å². The van der Waals surface area contributed by atoms with E-state index >= 15 is 0 Å². The molecule has 4 aromatic heterocycles. The minimum atomic E-state index is 0.572. The number of para-hydroxylation sites is 2. The first kappa shape index (κ1) is 34.0. The van der Waals surface area contributed by atoms with Crippen LogP contribution in [-0.2, 0) is 0 Å². The predicted octanol–water partition coefficient (Wildman–Crippen LogP) is 14.6. The summed E-state index contributed by atoms with van der Waals surface area (Å²) in [6, 6.07) is 71.5. The van der Waals surface area contributed by atoms with E-state index < -0.39 is 0 Å². The van der Waals surface area contributed by atoms with Crippen LogP contribution >= 0.6 is 11.3 Å². The van der Waals surface area contributed by atoms with Gasteiger partial charge < -0.3 is 4.57 Å². The Morgan fingerprint density at radius 3 is 1.66 bits per heavy atom. The summed E-state index contributed by atoms with van der Waals surface area (Å²) in [6.45, 7) is 0. The molecule has 0 radical (unpaired) electrons. The van der Waals surface area contributed by atoms with E-state index in [1.165, 1.54) is 52.8 Å². The van der Waals surface area contributed by atoms with E-state index in [2.05, 4.69) is 191 Å². The van der Waals surface area contributed by atoms with Gasteiger partial charge in [-0.05, 0) is 64.4 Å². The Kier molecular flexibility index (Phi) is 7.41. The lowest BCUT2D eigenvalue weighted by Crippen LogP contribution is -2.07. The van der Waals surface area contributed by atoms with Crippen molar-refractivity contribution in [2.45, 2.75) is 0 Å². The maximum Gasteiger partial charge on any atom is 0.238 e. The molecule has 6 heteroatoms. The lowest BCUT2D eigenvalue weighted by atomic mass is 10.0. The van der Waals surface area contributed by atoms with Gasteiger partial charge >= 0.3 is 0 Å². The molecule has 0 N–H and O–H groups in total. The Morgan fingerprint density at radius 1 is 0.328 bits per heavy atom. The second kappa shape index (κ2) is 13.3. The molecule has 0 saturated heterocycles. The van der Waals surface area contributed by atoms with Gasteiger partial charge in [0.15, 0.2) is 11.6 Å². The van der Waals surface area contributed by atoms with Crippen molar-refractivity contribution in [3.05, 3.63) is 200 Å². The van der Waals surface area contributed by atoms with Gasteiger partial charge in [0.1, 0.15) is 0 Å². The van der Waals surface area contributed by atoms with Crippen molar-refractivity contribution in [3.8, 4) is 45.5 Å². The van der Waals surface area contributed by atoms with Gasteiger partial charge in [-0.25, -0.2) is 4.98 Å². The molecule has 61 heavy (non-hydrogen) atoms. The maximum atomic E-state index is 5.40. The number of rotatable bonds is 5. The molecule has 13 rings (SSSR count). The Morgan fingerprint density at radius 2 is 0.885 bits per heavy atom. The quantitative estimate of drug-likeness (QED) is 0.174. The molecule has 0 fully saturated rings. The molecule has 9 aromatic carbocycles. The van der Waals surface area contributed by atoms with Crippen LogP contribution in [0.15, 0.2) is 200 Å². The van der Waals surface area contributed by atoms with Crippen molar-refractivity contribution < 1.29 is 0 Å². The molecule has 0 spiro atoms. The number of fused-ring (bicyclic) bond motifs is 11. The van der Waals surface area contributed by atoms with Crippen LogP contribution in [0.25, 0.3) is 120 Å². The van der Waals surface area contributed by atoms with Crippen LogP contribution < -0.4 is 0 Å². The van der Waals surface area contributed by atoms with Crippen LogP contribution in [0.3, 0.4) is 0 Å². The minimum Gasteiger partial charge on any atom is -0.307 e. The summed E-state index contributed by atoms with van der Waals surface area (Å²) in [5, 5.41) is 9.61. The summed E-state index contributed by atoms with van der Waals surface area (Å²) in [6.07, 6.45) is 0. The molecule has 284 valence electrons. The fraction of sp³-hybridized carbons (Fsp3) is 0. The van der Waals surface area contributed by atoms with Crippen LogP contribution in [-0.4, -0.2) is 24.1 Å². The zero-order chi connectivity index (χ0) is 40.0. The molecular formula is C55H33N5S. The van der Waals surface area contributed by atoms with Gasteiger partial charge in [0.2, 0.25) is 5.95 Å². The molecule has 0 aliphatic heterocycles. The number of thiophene rings is 1.